The molecule has 3 aromatic rings. The minimum absolute atomic E-state index is 0.0160. The maximum atomic E-state index is 13.6. The molecule has 1 aliphatic rings. The summed E-state index contributed by atoms with van der Waals surface area (Å²) in [5.41, 5.74) is 3.75. The first-order valence-electron chi connectivity index (χ1n) is 13.4. The van der Waals surface area contributed by atoms with E-state index in [-0.39, 0.29) is 24.1 Å². The lowest BCUT2D eigenvalue weighted by Crippen LogP contribution is -2.49. The molecule has 0 aromatic heterocycles. The Balaban J connectivity index is 1.48. The van der Waals surface area contributed by atoms with E-state index < -0.39 is 6.04 Å². The SMILES string of the molecule is CCCCNC(=O)C(CC)N(Cc1ccccc1C)C(=O)CCCN1C(=O)c2cccc3cccc1c23. The van der Waals surface area contributed by atoms with E-state index in [1.807, 2.05) is 74.5 Å². The van der Waals surface area contributed by atoms with Gasteiger partial charge in [-0.3, -0.25) is 14.4 Å². The molecule has 1 unspecified atom stereocenters. The van der Waals surface area contributed by atoms with Crippen LogP contribution in [0.4, 0.5) is 5.69 Å². The molecule has 37 heavy (non-hydrogen) atoms. The summed E-state index contributed by atoms with van der Waals surface area (Å²) in [6.07, 6.45) is 3.23. The molecule has 0 saturated heterocycles. The molecule has 0 saturated carbocycles. The Labute approximate surface area is 219 Å². The maximum absolute atomic E-state index is 13.6. The molecule has 4 rings (SSSR count). The number of amides is 3. The zero-order valence-electron chi connectivity index (χ0n) is 22.1. The highest BCUT2D eigenvalue weighted by molar-refractivity contribution is 6.25. The Hall–Kier alpha value is -3.67. The summed E-state index contributed by atoms with van der Waals surface area (Å²) in [4.78, 5) is 43.3. The Morgan fingerprint density at radius 2 is 1.73 bits per heavy atom. The second-order valence-electron chi connectivity index (χ2n) is 9.76. The molecule has 1 atom stereocenters. The van der Waals surface area contributed by atoms with Gasteiger partial charge in [-0.05, 0) is 54.8 Å². The van der Waals surface area contributed by atoms with E-state index in [0.29, 0.717) is 32.5 Å². The van der Waals surface area contributed by atoms with Crippen LogP contribution >= 0.6 is 0 Å². The molecule has 0 radical (unpaired) electrons. The van der Waals surface area contributed by atoms with Gasteiger partial charge in [0.1, 0.15) is 6.04 Å². The average Bonchev–Trinajstić information content (AvgIpc) is 3.18. The van der Waals surface area contributed by atoms with Gasteiger partial charge in [-0.15, -0.1) is 0 Å². The van der Waals surface area contributed by atoms with Crippen LogP contribution < -0.4 is 10.2 Å². The summed E-state index contributed by atoms with van der Waals surface area (Å²) in [6, 6.07) is 19.2. The van der Waals surface area contributed by atoms with Crippen molar-refractivity contribution in [2.75, 3.05) is 18.0 Å². The molecule has 3 amide bonds. The lowest BCUT2D eigenvalue weighted by Gasteiger charge is -2.31. The number of carbonyl (C=O) groups is 3. The van der Waals surface area contributed by atoms with E-state index in [1.54, 1.807) is 9.80 Å². The van der Waals surface area contributed by atoms with Crippen molar-refractivity contribution in [2.24, 2.45) is 0 Å². The molecule has 0 fully saturated rings. The summed E-state index contributed by atoms with van der Waals surface area (Å²) in [7, 11) is 0. The van der Waals surface area contributed by atoms with Gasteiger partial charge in [-0.1, -0.05) is 68.8 Å². The Morgan fingerprint density at radius 3 is 2.46 bits per heavy atom. The highest BCUT2D eigenvalue weighted by Crippen LogP contribution is 2.37. The monoisotopic (exact) mass is 499 g/mol. The zero-order chi connectivity index (χ0) is 26.4. The van der Waals surface area contributed by atoms with Crippen molar-refractivity contribution in [3.63, 3.8) is 0 Å². The van der Waals surface area contributed by atoms with Crippen molar-refractivity contribution in [2.45, 2.75) is 65.5 Å². The minimum atomic E-state index is -0.532. The van der Waals surface area contributed by atoms with Crippen molar-refractivity contribution in [3.8, 4) is 0 Å². The highest BCUT2D eigenvalue weighted by atomic mass is 16.2. The zero-order valence-corrected chi connectivity index (χ0v) is 22.1. The Kier molecular flexibility index (Phi) is 8.59. The number of rotatable bonds is 12. The number of aryl methyl sites for hydroxylation is 1. The molecule has 3 aromatic carbocycles. The van der Waals surface area contributed by atoms with Gasteiger partial charge < -0.3 is 15.1 Å². The molecule has 1 aliphatic heterocycles. The normalized spacial score (nSPS) is 13.2. The number of anilines is 1. The molecule has 6 nitrogen and oxygen atoms in total. The fraction of sp³-hybridized carbons (Fsp3) is 0.387. The molecular formula is C31H37N3O3. The third-order valence-electron chi connectivity index (χ3n) is 7.24. The lowest BCUT2D eigenvalue weighted by atomic mass is 10.0. The van der Waals surface area contributed by atoms with Gasteiger partial charge in [0.15, 0.2) is 0 Å². The smallest absolute Gasteiger partial charge is 0.258 e. The summed E-state index contributed by atoms with van der Waals surface area (Å²) < 4.78 is 0. The summed E-state index contributed by atoms with van der Waals surface area (Å²) in [5.74, 6) is -0.185. The second kappa shape index (κ2) is 12.0. The number of benzene rings is 3. The Morgan fingerprint density at radius 1 is 0.973 bits per heavy atom. The van der Waals surface area contributed by atoms with Crippen LogP contribution in [0.2, 0.25) is 0 Å². The highest BCUT2D eigenvalue weighted by Gasteiger charge is 2.31. The first-order chi connectivity index (χ1) is 18.0. The quantitative estimate of drug-likeness (QED) is 0.329. The number of unbranched alkanes of at least 4 members (excludes halogenated alkanes) is 1. The van der Waals surface area contributed by atoms with Crippen LogP contribution in [0.15, 0.2) is 60.7 Å². The molecule has 194 valence electrons. The van der Waals surface area contributed by atoms with E-state index in [2.05, 4.69) is 12.2 Å². The van der Waals surface area contributed by atoms with Crippen molar-refractivity contribution in [1.82, 2.24) is 10.2 Å². The van der Waals surface area contributed by atoms with Crippen LogP contribution in [0.5, 0.6) is 0 Å². The lowest BCUT2D eigenvalue weighted by molar-refractivity contribution is -0.141. The van der Waals surface area contributed by atoms with Gasteiger partial charge in [-0.2, -0.15) is 0 Å². The molecular weight excluding hydrogens is 462 g/mol. The van der Waals surface area contributed by atoms with E-state index in [9.17, 15) is 14.4 Å². The van der Waals surface area contributed by atoms with Crippen LogP contribution in [-0.4, -0.2) is 41.8 Å². The summed E-state index contributed by atoms with van der Waals surface area (Å²) >= 11 is 0. The van der Waals surface area contributed by atoms with Crippen molar-refractivity contribution >= 4 is 34.2 Å². The standard InChI is InChI=1S/C31H37N3O3/c1-4-6-19-32-30(36)26(5-2)34(21-24-13-8-7-12-22(24)3)28(35)18-11-20-33-27-17-10-15-23-14-9-16-25(29(23)27)31(33)37/h7-10,12-17,26H,4-6,11,18-21H2,1-3H3,(H,32,36). The van der Waals surface area contributed by atoms with Crippen molar-refractivity contribution in [3.05, 3.63) is 77.4 Å². The number of hydrogen-bond donors (Lipinski definition) is 1. The van der Waals surface area contributed by atoms with Gasteiger partial charge in [0.05, 0.1) is 5.69 Å². The van der Waals surface area contributed by atoms with Crippen LogP contribution in [0.1, 0.15) is 67.4 Å². The van der Waals surface area contributed by atoms with E-state index in [1.165, 1.54) is 0 Å². The molecule has 0 aliphatic carbocycles. The minimum Gasteiger partial charge on any atom is -0.354 e. The van der Waals surface area contributed by atoms with E-state index in [0.717, 1.165) is 46.0 Å². The number of nitrogens with zero attached hydrogens (tertiary/aromatic N) is 2. The molecule has 0 spiro atoms. The molecule has 1 heterocycles. The van der Waals surface area contributed by atoms with Crippen molar-refractivity contribution in [1.29, 1.82) is 0 Å². The van der Waals surface area contributed by atoms with Crippen molar-refractivity contribution < 1.29 is 14.4 Å². The third kappa shape index (κ3) is 5.68. The molecule has 6 heteroatoms. The van der Waals surface area contributed by atoms with E-state index in [4.69, 9.17) is 0 Å². The predicted molar refractivity (Wildman–Crippen MR) is 149 cm³/mol. The van der Waals surface area contributed by atoms with Gasteiger partial charge in [0.2, 0.25) is 11.8 Å². The molecule has 0 bridgehead atoms. The first-order valence-corrected chi connectivity index (χ1v) is 13.4. The van der Waals surface area contributed by atoms with Crippen LogP contribution in [0.3, 0.4) is 0 Å². The van der Waals surface area contributed by atoms with E-state index >= 15 is 0 Å². The van der Waals surface area contributed by atoms with Gasteiger partial charge >= 0.3 is 0 Å². The summed E-state index contributed by atoms with van der Waals surface area (Å²) in [6.45, 7) is 7.51. The molecule has 1 N–H and O–H groups in total. The number of hydrogen-bond acceptors (Lipinski definition) is 3. The first kappa shape index (κ1) is 26.4. The average molecular weight is 500 g/mol. The Bertz CT molecular complexity index is 1280. The van der Waals surface area contributed by atoms with Crippen LogP contribution in [0.25, 0.3) is 10.8 Å². The number of nitrogens with one attached hydrogen (secondary N) is 1. The van der Waals surface area contributed by atoms with Gasteiger partial charge in [0.25, 0.3) is 5.91 Å². The topological polar surface area (TPSA) is 69.7 Å². The number of carbonyl (C=O) groups excluding carboxylic acids is 3. The third-order valence-corrected chi connectivity index (χ3v) is 7.24. The predicted octanol–water partition coefficient (Wildman–Crippen LogP) is 5.61. The van der Waals surface area contributed by atoms with Gasteiger partial charge in [-0.25, -0.2) is 0 Å². The fourth-order valence-corrected chi connectivity index (χ4v) is 5.13. The van der Waals surface area contributed by atoms with Gasteiger partial charge in [0, 0.05) is 37.0 Å². The van der Waals surface area contributed by atoms with Crippen LogP contribution in [0, 0.1) is 6.92 Å². The fourth-order valence-electron chi connectivity index (χ4n) is 5.13. The van der Waals surface area contributed by atoms with Crippen LogP contribution in [-0.2, 0) is 16.1 Å². The summed E-state index contributed by atoms with van der Waals surface area (Å²) in [5, 5.41) is 5.04. The largest absolute Gasteiger partial charge is 0.354 e. The second-order valence-corrected chi connectivity index (χ2v) is 9.76. The maximum Gasteiger partial charge on any atom is 0.258 e.